The Kier molecular flexibility index (Phi) is 6.25. The fourth-order valence-corrected chi connectivity index (χ4v) is 3.87. The van der Waals surface area contributed by atoms with Gasteiger partial charge in [-0.1, -0.05) is 23.2 Å². The van der Waals surface area contributed by atoms with E-state index in [9.17, 15) is 4.79 Å². The van der Waals surface area contributed by atoms with Crippen molar-refractivity contribution in [1.82, 2.24) is 9.80 Å². The van der Waals surface area contributed by atoms with E-state index in [-0.39, 0.29) is 5.91 Å². The van der Waals surface area contributed by atoms with Crippen LogP contribution in [0.3, 0.4) is 0 Å². The Morgan fingerprint density at radius 1 is 1.12 bits per heavy atom. The smallest absolute Gasteiger partial charge is 0.226 e. The van der Waals surface area contributed by atoms with Crippen LogP contribution in [0.5, 0.6) is 5.75 Å². The van der Waals surface area contributed by atoms with Crippen LogP contribution in [-0.2, 0) is 4.79 Å². The van der Waals surface area contributed by atoms with Crippen LogP contribution < -0.4 is 4.74 Å². The minimum atomic E-state index is 0.191. The van der Waals surface area contributed by atoms with Gasteiger partial charge in [-0.3, -0.25) is 4.79 Å². The normalized spacial score (nSPS) is 21.4. The zero-order chi connectivity index (χ0) is 16.9. The maximum Gasteiger partial charge on any atom is 0.226 e. The number of likely N-dealkylation sites (tertiary alicyclic amines) is 2. The number of hydrogen-bond acceptors (Lipinski definition) is 3. The second kappa shape index (κ2) is 8.41. The molecule has 0 saturated carbocycles. The minimum absolute atomic E-state index is 0.191. The molecular weight excluding hydrogens is 347 g/mol. The summed E-state index contributed by atoms with van der Waals surface area (Å²) in [6.45, 7) is 4.63. The standard InChI is InChI=1S/C18H24Cl2N2O2/c19-16-6-5-15(12-17(16)20)24-11-7-18(23)22-10-3-4-14(22)13-21-8-1-2-9-21/h5-6,12,14H,1-4,7-11,13H2. The highest BCUT2D eigenvalue weighted by Crippen LogP contribution is 2.26. The SMILES string of the molecule is O=C(CCOc1ccc(Cl)c(Cl)c1)N1CCCC1CN1CCCC1. The highest BCUT2D eigenvalue weighted by Gasteiger charge is 2.30. The van der Waals surface area contributed by atoms with Gasteiger partial charge in [0.1, 0.15) is 5.75 Å². The van der Waals surface area contributed by atoms with Gasteiger partial charge in [-0.15, -0.1) is 0 Å². The van der Waals surface area contributed by atoms with Crippen molar-refractivity contribution in [2.24, 2.45) is 0 Å². The van der Waals surface area contributed by atoms with Crippen molar-refractivity contribution in [2.45, 2.75) is 38.1 Å². The van der Waals surface area contributed by atoms with Crippen molar-refractivity contribution < 1.29 is 9.53 Å². The number of nitrogens with zero attached hydrogens (tertiary/aromatic N) is 2. The maximum absolute atomic E-state index is 12.5. The van der Waals surface area contributed by atoms with Crippen LogP contribution in [0.15, 0.2) is 18.2 Å². The van der Waals surface area contributed by atoms with Gasteiger partial charge in [-0.05, 0) is 50.9 Å². The molecule has 4 nitrogen and oxygen atoms in total. The third-order valence-corrected chi connectivity index (χ3v) is 5.58. The third-order valence-electron chi connectivity index (χ3n) is 4.84. The molecule has 24 heavy (non-hydrogen) atoms. The van der Waals surface area contributed by atoms with E-state index in [0.29, 0.717) is 34.9 Å². The van der Waals surface area contributed by atoms with Gasteiger partial charge in [0.2, 0.25) is 5.91 Å². The average molecular weight is 371 g/mol. The number of carbonyl (C=O) groups excluding carboxylic acids is 1. The summed E-state index contributed by atoms with van der Waals surface area (Å²) in [6, 6.07) is 5.53. The molecule has 0 aliphatic carbocycles. The zero-order valence-corrected chi connectivity index (χ0v) is 15.4. The molecule has 1 aromatic rings. The number of ether oxygens (including phenoxy) is 1. The van der Waals surface area contributed by atoms with Crippen LogP contribution in [-0.4, -0.2) is 54.5 Å². The van der Waals surface area contributed by atoms with E-state index in [1.54, 1.807) is 18.2 Å². The topological polar surface area (TPSA) is 32.8 Å². The summed E-state index contributed by atoms with van der Waals surface area (Å²) in [6.07, 6.45) is 5.21. The molecule has 2 fully saturated rings. The lowest BCUT2D eigenvalue weighted by atomic mass is 10.2. The van der Waals surface area contributed by atoms with Crippen LogP contribution in [0.2, 0.25) is 10.0 Å². The molecule has 0 aromatic heterocycles. The molecule has 0 spiro atoms. The summed E-state index contributed by atoms with van der Waals surface area (Å²) in [7, 11) is 0. The number of rotatable bonds is 6. The van der Waals surface area contributed by atoms with Gasteiger partial charge in [0.25, 0.3) is 0 Å². The Morgan fingerprint density at radius 2 is 1.92 bits per heavy atom. The molecule has 132 valence electrons. The number of carbonyl (C=O) groups is 1. The van der Waals surface area contributed by atoms with Crippen LogP contribution >= 0.6 is 23.2 Å². The Bertz CT molecular complexity index is 576. The average Bonchev–Trinajstić information content (AvgIpc) is 3.23. The van der Waals surface area contributed by atoms with Crippen LogP contribution in [0.1, 0.15) is 32.1 Å². The van der Waals surface area contributed by atoms with Gasteiger partial charge in [-0.2, -0.15) is 0 Å². The Labute approximate surface area is 153 Å². The Balaban J connectivity index is 1.45. The van der Waals surface area contributed by atoms with Crippen LogP contribution in [0.4, 0.5) is 0 Å². The van der Waals surface area contributed by atoms with Crippen LogP contribution in [0, 0.1) is 0 Å². The first kappa shape index (κ1) is 17.8. The fourth-order valence-electron chi connectivity index (χ4n) is 3.58. The summed E-state index contributed by atoms with van der Waals surface area (Å²) in [5.74, 6) is 0.837. The monoisotopic (exact) mass is 370 g/mol. The van der Waals surface area contributed by atoms with E-state index in [4.69, 9.17) is 27.9 Å². The number of halogens is 2. The quantitative estimate of drug-likeness (QED) is 0.762. The fraction of sp³-hybridized carbons (Fsp3) is 0.611. The van der Waals surface area contributed by atoms with Crippen LogP contribution in [0.25, 0.3) is 0 Å². The van der Waals surface area contributed by atoms with Crippen molar-refractivity contribution in [3.05, 3.63) is 28.2 Å². The summed E-state index contributed by atoms with van der Waals surface area (Å²) in [4.78, 5) is 17.1. The predicted octanol–water partition coefficient (Wildman–Crippen LogP) is 3.85. The first-order valence-electron chi connectivity index (χ1n) is 8.73. The molecule has 2 saturated heterocycles. The molecule has 1 atom stereocenters. The van der Waals surface area contributed by atoms with Gasteiger partial charge >= 0.3 is 0 Å². The zero-order valence-electron chi connectivity index (χ0n) is 13.8. The Hall–Kier alpha value is -0.970. The summed E-state index contributed by atoms with van der Waals surface area (Å²) in [5, 5.41) is 0.965. The maximum atomic E-state index is 12.5. The first-order chi connectivity index (χ1) is 11.6. The van der Waals surface area contributed by atoms with Gasteiger partial charge < -0.3 is 14.5 Å². The summed E-state index contributed by atoms with van der Waals surface area (Å²) < 4.78 is 5.64. The molecule has 0 N–H and O–H groups in total. The largest absolute Gasteiger partial charge is 0.493 e. The summed E-state index contributed by atoms with van der Waals surface area (Å²) in [5.41, 5.74) is 0. The van der Waals surface area contributed by atoms with Gasteiger partial charge in [0, 0.05) is 25.2 Å². The second-order valence-corrected chi connectivity index (χ2v) is 7.38. The molecule has 0 radical (unpaired) electrons. The lowest BCUT2D eigenvalue weighted by Crippen LogP contribution is -2.42. The second-order valence-electron chi connectivity index (χ2n) is 6.57. The van der Waals surface area contributed by atoms with Crippen molar-refractivity contribution >= 4 is 29.1 Å². The Morgan fingerprint density at radius 3 is 2.67 bits per heavy atom. The highest BCUT2D eigenvalue weighted by atomic mass is 35.5. The number of benzene rings is 1. The van der Waals surface area contributed by atoms with E-state index in [1.807, 2.05) is 0 Å². The highest BCUT2D eigenvalue weighted by molar-refractivity contribution is 6.42. The number of hydrogen-bond donors (Lipinski definition) is 0. The molecule has 2 aliphatic heterocycles. The molecule has 0 bridgehead atoms. The van der Waals surface area contributed by atoms with Crippen molar-refractivity contribution in [1.29, 1.82) is 0 Å². The molecule has 2 aliphatic rings. The van der Waals surface area contributed by atoms with Gasteiger partial charge in [0.05, 0.1) is 23.1 Å². The van der Waals surface area contributed by atoms with Crippen molar-refractivity contribution in [3.63, 3.8) is 0 Å². The minimum Gasteiger partial charge on any atom is -0.493 e. The number of amides is 1. The molecule has 1 aromatic carbocycles. The van der Waals surface area contributed by atoms with E-state index in [1.165, 1.54) is 25.9 Å². The predicted molar refractivity (Wildman–Crippen MR) is 97.0 cm³/mol. The van der Waals surface area contributed by atoms with Crippen molar-refractivity contribution in [3.8, 4) is 5.75 Å². The molecule has 1 unspecified atom stereocenters. The van der Waals surface area contributed by atoms with E-state index in [2.05, 4.69) is 9.80 Å². The van der Waals surface area contributed by atoms with E-state index < -0.39 is 0 Å². The molecule has 2 heterocycles. The van der Waals surface area contributed by atoms with E-state index >= 15 is 0 Å². The van der Waals surface area contributed by atoms with Gasteiger partial charge in [0.15, 0.2) is 0 Å². The lowest BCUT2D eigenvalue weighted by molar-refractivity contribution is -0.132. The third kappa shape index (κ3) is 4.56. The lowest BCUT2D eigenvalue weighted by Gasteiger charge is -2.28. The van der Waals surface area contributed by atoms with Crippen molar-refractivity contribution in [2.75, 3.05) is 32.8 Å². The molecular formula is C18H24Cl2N2O2. The molecule has 3 rings (SSSR count). The van der Waals surface area contributed by atoms with Gasteiger partial charge in [-0.25, -0.2) is 0 Å². The molecule has 1 amide bonds. The summed E-state index contributed by atoms with van der Waals surface area (Å²) >= 11 is 11.9. The molecule has 6 heteroatoms. The van der Waals surface area contributed by atoms with E-state index in [0.717, 1.165) is 25.9 Å². The first-order valence-corrected chi connectivity index (χ1v) is 9.49.